The van der Waals surface area contributed by atoms with E-state index in [0.717, 1.165) is 10.9 Å². The van der Waals surface area contributed by atoms with Gasteiger partial charge in [0, 0.05) is 36.0 Å². The van der Waals surface area contributed by atoms with Crippen LogP contribution >= 0.6 is 12.2 Å². The average molecular weight is 519 g/mol. The second kappa shape index (κ2) is 11.5. The second-order valence-corrected chi connectivity index (χ2v) is 8.49. The Morgan fingerprint density at radius 2 is 1.78 bits per heavy atom. The maximum Gasteiger partial charge on any atom is 0.339 e. The van der Waals surface area contributed by atoms with Gasteiger partial charge in [-0.1, -0.05) is 18.2 Å². The SMILES string of the molecule is COC(=O)c1ccccc1NC(=S)N(Cc1cccnc1)Cc1cc2cc(OC)c(OC)cc2[nH]c1=O. The van der Waals surface area contributed by atoms with Gasteiger partial charge in [0.2, 0.25) is 0 Å². The normalized spacial score (nSPS) is 10.6. The number of ether oxygens (including phenoxy) is 3. The first-order chi connectivity index (χ1) is 17.9. The van der Waals surface area contributed by atoms with E-state index in [2.05, 4.69) is 15.3 Å². The molecule has 0 saturated carbocycles. The Kier molecular flexibility index (Phi) is 7.99. The van der Waals surface area contributed by atoms with Crippen LogP contribution in [0.1, 0.15) is 21.5 Å². The average Bonchev–Trinajstić information content (AvgIpc) is 2.92. The molecule has 0 amide bonds. The van der Waals surface area contributed by atoms with E-state index in [9.17, 15) is 9.59 Å². The van der Waals surface area contributed by atoms with Gasteiger partial charge in [0.05, 0.1) is 44.6 Å². The zero-order valence-corrected chi connectivity index (χ0v) is 21.4. The summed E-state index contributed by atoms with van der Waals surface area (Å²) in [5.74, 6) is 0.586. The third kappa shape index (κ3) is 5.87. The molecule has 2 aromatic heterocycles. The topological polar surface area (TPSA) is 106 Å². The van der Waals surface area contributed by atoms with Crippen LogP contribution in [-0.2, 0) is 17.8 Å². The van der Waals surface area contributed by atoms with Crippen molar-refractivity contribution in [1.29, 1.82) is 0 Å². The summed E-state index contributed by atoms with van der Waals surface area (Å²) in [5, 5.41) is 4.25. The molecule has 0 atom stereocenters. The lowest BCUT2D eigenvalue weighted by Crippen LogP contribution is -2.36. The fourth-order valence-corrected chi connectivity index (χ4v) is 4.13. The first kappa shape index (κ1) is 25.6. The first-order valence-electron chi connectivity index (χ1n) is 11.3. The predicted molar refractivity (Wildman–Crippen MR) is 145 cm³/mol. The third-order valence-electron chi connectivity index (χ3n) is 5.74. The van der Waals surface area contributed by atoms with E-state index >= 15 is 0 Å². The number of nitrogens with one attached hydrogen (secondary N) is 2. The highest BCUT2D eigenvalue weighted by molar-refractivity contribution is 7.80. The quantitative estimate of drug-likeness (QED) is 0.263. The summed E-state index contributed by atoms with van der Waals surface area (Å²) in [5.41, 5.74) is 2.61. The monoisotopic (exact) mass is 518 g/mol. The molecule has 37 heavy (non-hydrogen) atoms. The lowest BCUT2D eigenvalue weighted by atomic mass is 10.1. The fourth-order valence-electron chi connectivity index (χ4n) is 3.89. The van der Waals surface area contributed by atoms with Crippen molar-refractivity contribution < 1.29 is 19.0 Å². The number of rotatable bonds is 8. The van der Waals surface area contributed by atoms with Crippen LogP contribution in [0.5, 0.6) is 11.5 Å². The van der Waals surface area contributed by atoms with Crippen molar-refractivity contribution in [1.82, 2.24) is 14.9 Å². The van der Waals surface area contributed by atoms with Crippen LogP contribution in [-0.4, -0.2) is 47.3 Å². The van der Waals surface area contributed by atoms with Gasteiger partial charge in [-0.15, -0.1) is 0 Å². The van der Waals surface area contributed by atoms with Gasteiger partial charge >= 0.3 is 5.97 Å². The van der Waals surface area contributed by atoms with Crippen molar-refractivity contribution in [3.05, 3.63) is 94.0 Å². The molecule has 0 bridgehead atoms. The summed E-state index contributed by atoms with van der Waals surface area (Å²) in [6.07, 6.45) is 3.42. The van der Waals surface area contributed by atoms with Gasteiger partial charge in [0.25, 0.3) is 5.56 Å². The minimum absolute atomic E-state index is 0.195. The van der Waals surface area contributed by atoms with E-state index < -0.39 is 5.97 Å². The molecule has 4 aromatic rings. The van der Waals surface area contributed by atoms with E-state index in [4.69, 9.17) is 26.4 Å². The molecule has 0 aliphatic heterocycles. The summed E-state index contributed by atoms with van der Waals surface area (Å²) < 4.78 is 15.7. The molecule has 0 fully saturated rings. The molecule has 0 aliphatic rings. The number of carbonyl (C=O) groups excluding carboxylic acids is 1. The van der Waals surface area contributed by atoms with Gasteiger partial charge in [0.15, 0.2) is 16.6 Å². The highest BCUT2D eigenvalue weighted by Crippen LogP contribution is 2.31. The summed E-state index contributed by atoms with van der Waals surface area (Å²) in [4.78, 5) is 34.2. The lowest BCUT2D eigenvalue weighted by molar-refractivity contribution is 0.0602. The third-order valence-corrected chi connectivity index (χ3v) is 6.10. The van der Waals surface area contributed by atoms with Crippen molar-refractivity contribution in [2.45, 2.75) is 13.1 Å². The number of esters is 1. The van der Waals surface area contributed by atoms with E-state index in [0.29, 0.717) is 45.5 Å². The van der Waals surface area contributed by atoms with Crippen molar-refractivity contribution in [2.75, 3.05) is 26.6 Å². The highest BCUT2D eigenvalue weighted by atomic mass is 32.1. The van der Waals surface area contributed by atoms with Crippen molar-refractivity contribution in [3.63, 3.8) is 0 Å². The van der Waals surface area contributed by atoms with Crippen LogP contribution in [0.15, 0.2) is 71.8 Å². The molecule has 0 aliphatic carbocycles. The molecule has 0 radical (unpaired) electrons. The van der Waals surface area contributed by atoms with E-state index in [1.54, 1.807) is 63.0 Å². The van der Waals surface area contributed by atoms with Gasteiger partial charge in [0.1, 0.15) is 0 Å². The predicted octanol–water partition coefficient (Wildman–Crippen LogP) is 4.13. The Morgan fingerprint density at radius 1 is 1.03 bits per heavy atom. The molecular weight excluding hydrogens is 492 g/mol. The van der Waals surface area contributed by atoms with Gasteiger partial charge < -0.3 is 29.4 Å². The largest absolute Gasteiger partial charge is 0.493 e. The number of para-hydroxylation sites is 1. The first-order valence-corrected chi connectivity index (χ1v) is 11.7. The Hall–Kier alpha value is -4.44. The smallest absolute Gasteiger partial charge is 0.339 e. The molecule has 0 spiro atoms. The Labute approximate surface area is 219 Å². The molecule has 0 unspecified atom stereocenters. The number of nitrogens with zero attached hydrogens (tertiary/aromatic N) is 2. The van der Waals surface area contributed by atoms with Crippen LogP contribution < -0.4 is 20.3 Å². The molecule has 2 N–H and O–H groups in total. The lowest BCUT2D eigenvalue weighted by Gasteiger charge is -2.26. The molecule has 9 nitrogen and oxygen atoms in total. The highest BCUT2D eigenvalue weighted by Gasteiger charge is 2.18. The number of methoxy groups -OCH3 is 3. The molecule has 0 saturated heterocycles. The second-order valence-electron chi connectivity index (χ2n) is 8.10. The number of hydrogen-bond donors (Lipinski definition) is 2. The van der Waals surface area contributed by atoms with Crippen molar-refractivity contribution in [2.24, 2.45) is 0 Å². The summed E-state index contributed by atoms with van der Waals surface area (Å²) in [6, 6.07) is 16.0. The van der Waals surface area contributed by atoms with Crippen molar-refractivity contribution >= 4 is 39.9 Å². The van der Waals surface area contributed by atoms with Crippen molar-refractivity contribution in [3.8, 4) is 11.5 Å². The van der Waals surface area contributed by atoms with E-state index in [1.165, 1.54) is 7.11 Å². The maximum atomic E-state index is 13.0. The Balaban J connectivity index is 1.69. The molecule has 10 heteroatoms. The Bertz CT molecular complexity index is 1490. The number of thiocarbonyl (C=S) groups is 1. The number of carbonyl (C=O) groups is 1. The maximum absolute atomic E-state index is 13.0. The zero-order chi connectivity index (χ0) is 26.4. The number of aromatic amines is 1. The summed E-state index contributed by atoms with van der Waals surface area (Å²) >= 11 is 5.74. The molecule has 2 aromatic carbocycles. The number of benzene rings is 2. The zero-order valence-electron chi connectivity index (χ0n) is 20.6. The molecule has 190 valence electrons. The summed E-state index contributed by atoms with van der Waals surface area (Å²) in [7, 11) is 4.42. The van der Waals surface area contributed by atoms with Crippen LogP contribution in [0.3, 0.4) is 0 Å². The van der Waals surface area contributed by atoms with Crippen LogP contribution in [0.2, 0.25) is 0 Å². The number of hydrogen-bond acceptors (Lipinski definition) is 7. The fraction of sp³-hybridized carbons (Fsp3) is 0.185. The Morgan fingerprint density at radius 3 is 2.49 bits per heavy atom. The molecule has 2 heterocycles. The summed E-state index contributed by atoms with van der Waals surface area (Å²) in [6.45, 7) is 0.574. The van der Waals surface area contributed by atoms with Crippen LogP contribution in [0.4, 0.5) is 5.69 Å². The molecule has 4 rings (SSSR count). The number of H-pyrrole nitrogens is 1. The van der Waals surface area contributed by atoms with Gasteiger partial charge in [-0.3, -0.25) is 9.78 Å². The van der Waals surface area contributed by atoms with Crippen LogP contribution in [0, 0.1) is 0 Å². The minimum Gasteiger partial charge on any atom is -0.493 e. The number of fused-ring (bicyclic) bond motifs is 1. The van der Waals surface area contributed by atoms with E-state index in [-0.39, 0.29) is 12.1 Å². The number of anilines is 1. The van der Waals surface area contributed by atoms with Gasteiger partial charge in [-0.05, 0) is 48.1 Å². The van der Waals surface area contributed by atoms with Crippen LogP contribution in [0.25, 0.3) is 10.9 Å². The number of aromatic nitrogens is 2. The van der Waals surface area contributed by atoms with Gasteiger partial charge in [-0.25, -0.2) is 4.79 Å². The number of pyridine rings is 2. The standard InChI is InChI=1S/C27H26N4O5S/c1-34-23-12-18-11-19(25(32)29-22(18)13-24(23)35-2)16-31(15-17-7-6-10-28-14-17)27(37)30-21-9-5-4-8-20(21)26(33)36-3/h4-14H,15-16H2,1-3H3,(H,29,32)(H,30,37). The minimum atomic E-state index is -0.486. The molecular formula is C27H26N4O5S. The van der Waals surface area contributed by atoms with E-state index in [1.807, 2.05) is 23.1 Å². The van der Waals surface area contributed by atoms with Gasteiger partial charge in [-0.2, -0.15) is 0 Å².